The second kappa shape index (κ2) is 8.09. The number of amides is 1. The molecule has 2 aliphatic heterocycles. The fraction of sp³-hybridized carbons (Fsp3) is 0.381. The van der Waals surface area contributed by atoms with Crippen LogP contribution in [0.4, 0.5) is 0 Å². The Morgan fingerprint density at radius 3 is 2.47 bits per heavy atom. The van der Waals surface area contributed by atoms with Gasteiger partial charge < -0.3 is 14.8 Å². The fourth-order valence-electron chi connectivity index (χ4n) is 3.65. The Hall–Kier alpha value is -2.29. The molecule has 1 amide bonds. The molecule has 160 valence electrons. The number of carbonyl (C=O) groups is 1. The summed E-state index contributed by atoms with van der Waals surface area (Å²) in [7, 11) is -3.60. The van der Waals surface area contributed by atoms with E-state index in [-0.39, 0.29) is 17.6 Å². The maximum atomic E-state index is 12.8. The van der Waals surface area contributed by atoms with Gasteiger partial charge in [-0.3, -0.25) is 4.79 Å². The molecule has 2 aromatic rings. The number of nitrogens with one attached hydrogen (secondary N) is 1. The number of sulfonamides is 1. The monoisotopic (exact) mass is 450 g/mol. The van der Waals surface area contributed by atoms with Crippen LogP contribution in [0.2, 0.25) is 5.02 Å². The van der Waals surface area contributed by atoms with E-state index in [2.05, 4.69) is 5.32 Å². The summed E-state index contributed by atoms with van der Waals surface area (Å²) < 4.78 is 37.8. The molecule has 0 aliphatic carbocycles. The molecule has 4 rings (SSSR count). The molecule has 0 atom stereocenters. The highest BCUT2D eigenvalue weighted by molar-refractivity contribution is 7.89. The van der Waals surface area contributed by atoms with Crippen LogP contribution in [0.15, 0.2) is 47.4 Å². The van der Waals surface area contributed by atoms with Gasteiger partial charge in [-0.1, -0.05) is 24.6 Å². The number of hydrogen-bond donors (Lipinski definition) is 1. The average Bonchev–Trinajstić information content (AvgIpc) is 3.20. The van der Waals surface area contributed by atoms with Crippen LogP contribution < -0.4 is 14.8 Å². The zero-order chi connectivity index (χ0) is 21.4. The number of rotatable bonds is 5. The summed E-state index contributed by atoms with van der Waals surface area (Å²) in [6, 6.07) is 11.7. The third-order valence-corrected chi connectivity index (χ3v) is 7.88. The van der Waals surface area contributed by atoms with Crippen LogP contribution >= 0.6 is 11.6 Å². The van der Waals surface area contributed by atoms with Gasteiger partial charge in [0.2, 0.25) is 22.7 Å². The summed E-state index contributed by atoms with van der Waals surface area (Å²) in [5, 5.41) is 3.46. The quantitative estimate of drug-likeness (QED) is 0.756. The molecule has 0 saturated carbocycles. The van der Waals surface area contributed by atoms with E-state index in [9.17, 15) is 13.2 Å². The summed E-state index contributed by atoms with van der Waals surface area (Å²) >= 11 is 5.86. The van der Waals surface area contributed by atoms with Gasteiger partial charge in [0.1, 0.15) is 0 Å². The van der Waals surface area contributed by atoms with E-state index in [1.54, 1.807) is 12.1 Å². The van der Waals surface area contributed by atoms with Crippen molar-refractivity contribution in [2.45, 2.75) is 31.2 Å². The Bertz CT molecular complexity index is 1050. The van der Waals surface area contributed by atoms with E-state index in [1.807, 2.05) is 25.1 Å². The third-order valence-electron chi connectivity index (χ3n) is 5.72. The summed E-state index contributed by atoms with van der Waals surface area (Å²) in [4.78, 5) is 13.1. The van der Waals surface area contributed by atoms with Crippen LogP contribution in [0, 0.1) is 5.41 Å². The molecule has 9 heteroatoms. The number of nitrogens with zero attached hydrogens (tertiary/aromatic N) is 1. The molecule has 1 N–H and O–H groups in total. The standard InChI is InChI=1S/C21H23ClN2O5S/c1-21(20(25)23-13-15-2-7-18-19(12-15)29-14-28-18)8-10-24(11-9-21)30(26,27)17-5-3-16(22)4-6-17/h2-7,12H,8-11,13-14H2,1H3,(H,23,25). The molecule has 0 bridgehead atoms. The predicted molar refractivity (Wildman–Crippen MR) is 112 cm³/mol. The van der Waals surface area contributed by atoms with Gasteiger partial charge >= 0.3 is 0 Å². The number of benzene rings is 2. The van der Waals surface area contributed by atoms with Gasteiger partial charge in [-0.2, -0.15) is 4.31 Å². The summed E-state index contributed by atoms with van der Waals surface area (Å²) in [5.41, 5.74) is 0.293. The molecule has 1 fully saturated rings. The molecule has 0 unspecified atom stereocenters. The fourth-order valence-corrected chi connectivity index (χ4v) is 5.22. The first-order chi connectivity index (χ1) is 14.3. The van der Waals surface area contributed by atoms with Crippen molar-refractivity contribution >= 4 is 27.5 Å². The van der Waals surface area contributed by atoms with Crippen molar-refractivity contribution in [1.82, 2.24) is 9.62 Å². The lowest BCUT2D eigenvalue weighted by atomic mass is 9.80. The SMILES string of the molecule is CC1(C(=O)NCc2ccc3c(c2)OCO3)CCN(S(=O)(=O)c2ccc(Cl)cc2)CC1. The van der Waals surface area contributed by atoms with Gasteiger partial charge in [-0.05, 0) is 54.8 Å². The zero-order valence-electron chi connectivity index (χ0n) is 16.6. The van der Waals surface area contributed by atoms with Crippen molar-refractivity contribution in [2.24, 2.45) is 5.41 Å². The predicted octanol–water partition coefficient (Wildman–Crippen LogP) is 3.18. The van der Waals surface area contributed by atoms with Crippen LogP contribution in [0.3, 0.4) is 0 Å². The maximum absolute atomic E-state index is 12.8. The Morgan fingerprint density at radius 1 is 1.10 bits per heavy atom. The molecule has 0 spiro atoms. The third kappa shape index (κ3) is 4.12. The highest BCUT2D eigenvalue weighted by Gasteiger charge is 2.40. The average molecular weight is 451 g/mol. The van der Waals surface area contributed by atoms with Crippen molar-refractivity contribution in [3.63, 3.8) is 0 Å². The first-order valence-corrected chi connectivity index (χ1v) is 11.5. The normalized spacial score (nSPS) is 18.2. The number of hydrogen-bond acceptors (Lipinski definition) is 5. The minimum atomic E-state index is -3.60. The van der Waals surface area contributed by atoms with E-state index in [1.165, 1.54) is 16.4 Å². The van der Waals surface area contributed by atoms with E-state index in [0.717, 1.165) is 5.56 Å². The Balaban J connectivity index is 1.36. The van der Waals surface area contributed by atoms with E-state index < -0.39 is 15.4 Å². The molecule has 0 radical (unpaired) electrons. The van der Waals surface area contributed by atoms with Crippen LogP contribution in [-0.2, 0) is 21.4 Å². The van der Waals surface area contributed by atoms with E-state index >= 15 is 0 Å². The lowest BCUT2D eigenvalue weighted by Gasteiger charge is -2.37. The molecule has 7 nitrogen and oxygen atoms in total. The Morgan fingerprint density at radius 2 is 1.77 bits per heavy atom. The molecular formula is C21H23ClN2O5S. The van der Waals surface area contributed by atoms with Crippen molar-refractivity contribution in [2.75, 3.05) is 19.9 Å². The van der Waals surface area contributed by atoms with Gasteiger partial charge in [0, 0.05) is 30.1 Å². The second-order valence-corrected chi connectivity index (χ2v) is 10.2. The van der Waals surface area contributed by atoms with Gasteiger partial charge in [-0.25, -0.2) is 8.42 Å². The van der Waals surface area contributed by atoms with Crippen molar-refractivity contribution in [1.29, 1.82) is 0 Å². The molecular weight excluding hydrogens is 428 g/mol. The molecule has 1 saturated heterocycles. The first kappa shape index (κ1) is 21.0. The van der Waals surface area contributed by atoms with Gasteiger partial charge in [-0.15, -0.1) is 0 Å². The smallest absolute Gasteiger partial charge is 0.243 e. The Labute approximate surface area is 181 Å². The number of halogens is 1. The van der Waals surface area contributed by atoms with Gasteiger partial charge in [0.25, 0.3) is 0 Å². The lowest BCUT2D eigenvalue weighted by Crippen LogP contribution is -2.48. The number of fused-ring (bicyclic) bond motifs is 1. The molecule has 0 aromatic heterocycles. The van der Waals surface area contributed by atoms with Crippen molar-refractivity contribution in [3.05, 3.63) is 53.1 Å². The number of ether oxygens (including phenoxy) is 2. The largest absolute Gasteiger partial charge is 0.454 e. The van der Waals surface area contributed by atoms with Crippen LogP contribution in [0.25, 0.3) is 0 Å². The number of carbonyl (C=O) groups excluding carboxylic acids is 1. The maximum Gasteiger partial charge on any atom is 0.243 e. The highest BCUT2D eigenvalue weighted by atomic mass is 35.5. The zero-order valence-corrected chi connectivity index (χ0v) is 18.1. The first-order valence-electron chi connectivity index (χ1n) is 9.70. The molecule has 2 heterocycles. The van der Waals surface area contributed by atoms with Crippen LogP contribution in [0.5, 0.6) is 11.5 Å². The second-order valence-electron chi connectivity index (χ2n) is 7.79. The summed E-state index contributed by atoms with van der Waals surface area (Å²) in [6.07, 6.45) is 0.902. The topological polar surface area (TPSA) is 84.9 Å². The molecule has 30 heavy (non-hydrogen) atoms. The van der Waals surface area contributed by atoms with Crippen molar-refractivity contribution in [3.8, 4) is 11.5 Å². The van der Waals surface area contributed by atoms with Gasteiger partial charge in [0.15, 0.2) is 11.5 Å². The Kier molecular flexibility index (Phi) is 5.65. The van der Waals surface area contributed by atoms with Crippen molar-refractivity contribution < 1.29 is 22.7 Å². The molecule has 2 aromatic carbocycles. The minimum Gasteiger partial charge on any atom is -0.454 e. The number of piperidine rings is 1. The van der Waals surface area contributed by atoms with E-state index in [0.29, 0.717) is 49.0 Å². The van der Waals surface area contributed by atoms with E-state index in [4.69, 9.17) is 21.1 Å². The summed E-state index contributed by atoms with van der Waals surface area (Å²) in [6.45, 7) is 3.04. The summed E-state index contributed by atoms with van der Waals surface area (Å²) in [5.74, 6) is 1.30. The van der Waals surface area contributed by atoms with Crippen LogP contribution in [-0.4, -0.2) is 38.5 Å². The minimum absolute atomic E-state index is 0.0799. The van der Waals surface area contributed by atoms with Gasteiger partial charge in [0.05, 0.1) is 4.90 Å². The lowest BCUT2D eigenvalue weighted by molar-refractivity contribution is -0.132. The van der Waals surface area contributed by atoms with Crippen LogP contribution in [0.1, 0.15) is 25.3 Å². The molecule has 2 aliphatic rings. The highest BCUT2D eigenvalue weighted by Crippen LogP contribution is 2.35.